The van der Waals surface area contributed by atoms with Gasteiger partial charge in [-0.15, -0.1) is 11.3 Å². The zero-order chi connectivity index (χ0) is 13.1. The molecule has 2 atom stereocenters. The molecule has 0 saturated carbocycles. The summed E-state index contributed by atoms with van der Waals surface area (Å²) in [7, 11) is 0. The van der Waals surface area contributed by atoms with E-state index >= 15 is 0 Å². The van der Waals surface area contributed by atoms with E-state index < -0.39 is 0 Å². The highest BCUT2D eigenvalue weighted by molar-refractivity contribution is 7.14. The van der Waals surface area contributed by atoms with Gasteiger partial charge < -0.3 is 5.32 Å². The molecule has 1 aromatic carbocycles. The summed E-state index contributed by atoms with van der Waals surface area (Å²) in [6.07, 6.45) is 0. The van der Waals surface area contributed by atoms with E-state index in [9.17, 15) is 0 Å². The summed E-state index contributed by atoms with van der Waals surface area (Å²) in [5.41, 5.74) is 2.41. The third-order valence-corrected chi connectivity index (χ3v) is 4.28. The monoisotopic (exact) mass is 299 g/mol. The molecule has 1 N–H and O–H groups in total. The number of rotatable bonds is 4. The second kappa shape index (κ2) is 6.07. The zero-order valence-electron chi connectivity index (χ0n) is 10.3. The van der Waals surface area contributed by atoms with Gasteiger partial charge in [-0.1, -0.05) is 35.3 Å². The van der Waals surface area contributed by atoms with Crippen LogP contribution in [-0.2, 0) is 0 Å². The molecule has 0 aliphatic carbocycles. The Labute approximate surface area is 122 Å². The quantitative estimate of drug-likeness (QED) is 0.789. The Morgan fingerprint density at radius 2 is 1.78 bits per heavy atom. The number of benzene rings is 1. The lowest BCUT2D eigenvalue weighted by Crippen LogP contribution is -2.22. The summed E-state index contributed by atoms with van der Waals surface area (Å²) in [5.74, 6) is 0. The van der Waals surface area contributed by atoms with Crippen LogP contribution in [0.2, 0.25) is 9.36 Å². The van der Waals surface area contributed by atoms with E-state index in [0.717, 1.165) is 9.36 Å². The normalized spacial score (nSPS) is 14.4. The van der Waals surface area contributed by atoms with E-state index in [0.29, 0.717) is 0 Å². The maximum atomic E-state index is 6.00. The number of nitrogens with one attached hydrogen (secondary N) is 1. The highest BCUT2D eigenvalue weighted by Gasteiger charge is 2.12. The van der Waals surface area contributed by atoms with Crippen molar-refractivity contribution in [1.82, 2.24) is 5.32 Å². The second-order valence-corrected chi connectivity index (χ2v) is 6.33. The molecule has 1 unspecified atom stereocenters. The van der Waals surface area contributed by atoms with Crippen molar-refractivity contribution in [2.45, 2.75) is 25.9 Å². The number of hydrogen-bond donors (Lipinski definition) is 1. The van der Waals surface area contributed by atoms with Crippen LogP contribution in [0.3, 0.4) is 0 Å². The number of halogens is 2. The van der Waals surface area contributed by atoms with E-state index in [2.05, 4.69) is 30.6 Å². The Morgan fingerprint density at radius 3 is 2.39 bits per heavy atom. The molecule has 0 bridgehead atoms. The Morgan fingerprint density at radius 1 is 1.06 bits per heavy atom. The maximum absolute atomic E-state index is 6.00. The summed E-state index contributed by atoms with van der Waals surface area (Å²) < 4.78 is 0.828. The van der Waals surface area contributed by atoms with Crippen LogP contribution in [0.1, 0.15) is 37.1 Å². The fraction of sp³-hybridized carbons (Fsp3) is 0.286. The third kappa shape index (κ3) is 3.48. The molecule has 0 amide bonds. The average Bonchev–Trinajstić information content (AvgIpc) is 2.76. The molecule has 0 fully saturated rings. The predicted octanol–water partition coefficient (Wildman–Crippen LogP) is 5.47. The maximum Gasteiger partial charge on any atom is 0.0931 e. The molecule has 1 heterocycles. The van der Waals surface area contributed by atoms with Crippen molar-refractivity contribution < 1.29 is 0 Å². The zero-order valence-corrected chi connectivity index (χ0v) is 12.6. The molecule has 0 spiro atoms. The molecule has 0 saturated heterocycles. The molecule has 0 aliphatic rings. The molecule has 1 nitrogen and oxygen atoms in total. The van der Waals surface area contributed by atoms with Gasteiger partial charge in [0, 0.05) is 17.1 Å². The first-order chi connectivity index (χ1) is 8.56. The highest BCUT2D eigenvalue weighted by Crippen LogP contribution is 2.27. The first kappa shape index (κ1) is 13.9. The minimum absolute atomic E-state index is 0.248. The van der Waals surface area contributed by atoms with Gasteiger partial charge in [-0.25, -0.2) is 0 Å². The van der Waals surface area contributed by atoms with Crippen LogP contribution in [0.15, 0.2) is 35.7 Å². The van der Waals surface area contributed by atoms with Crippen LogP contribution in [0.5, 0.6) is 0 Å². The summed E-state index contributed by atoms with van der Waals surface area (Å²) >= 11 is 13.5. The minimum Gasteiger partial charge on any atom is -0.304 e. The van der Waals surface area contributed by atoms with Crippen molar-refractivity contribution in [3.63, 3.8) is 0 Å². The van der Waals surface area contributed by atoms with Gasteiger partial charge in [-0.05, 0) is 48.6 Å². The lowest BCUT2D eigenvalue weighted by Gasteiger charge is -2.20. The molecule has 96 valence electrons. The van der Waals surface area contributed by atoms with E-state index in [-0.39, 0.29) is 12.1 Å². The van der Waals surface area contributed by atoms with Gasteiger partial charge in [0.25, 0.3) is 0 Å². The summed E-state index contributed by atoms with van der Waals surface area (Å²) in [4.78, 5) is 0. The molecule has 18 heavy (non-hydrogen) atoms. The van der Waals surface area contributed by atoms with Crippen molar-refractivity contribution in [2.24, 2.45) is 0 Å². The number of thiophene rings is 1. The standard InChI is InChI=1S/C14H15Cl2NS/c1-9(11-4-3-5-13(15)6-11)17-10(2)12-7-14(16)18-8-12/h3-10,17H,1-2H3/t9-,10?/m1/s1. The second-order valence-electron chi connectivity index (χ2n) is 4.35. The lowest BCUT2D eigenvalue weighted by molar-refractivity contribution is 0.495. The fourth-order valence-electron chi connectivity index (χ4n) is 1.89. The van der Waals surface area contributed by atoms with Gasteiger partial charge in [-0.2, -0.15) is 0 Å². The first-order valence-corrected chi connectivity index (χ1v) is 7.45. The molecular formula is C14H15Cl2NS. The molecule has 2 rings (SSSR count). The number of hydrogen-bond acceptors (Lipinski definition) is 2. The van der Waals surface area contributed by atoms with Gasteiger partial charge in [0.1, 0.15) is 0 Å². The van der Waals surface area contributed by atoms with Crippen LogP contribution in [-0.4, -0.2) is 0 Å². The van der Waals surface area contributed by atoms with Gasteiger partial charge in [0.15, 0.2) is 0 Å². The topological polar surface area (TPSA) is 12.0 Å². The summed E-state index contributed by atoms with van der Waals surface area (Å²) in [6, 6.07) is 10.5. The smallest absolute Gasteiger partial charge is 0.0931 e. The predicted molar refractivity (Wildman–Crippen MR) is 80.7 cm³/mol. The Balaban J connectivity index is 2.05. The Bertz CT molecular complexity index is 524. The van der Waals surface area contributed by atoms with Gasteiger partial charge in [-0.3, -0.25) is 0 Å². The van der Waals surface area contributed by atoms with Crippen molar-refractivity contribution in [3.05, 3.63) is 56.2 Å². The van der Waals surface area contributed by atoms with Crippen LogP contribution < -0.4 is 5.32 Å². The SMILES string of the molecule is CC(N[C@H](C)c1cccc(Cl)c1)c1csc(Cl)c1. The van der Waals surface area contributed by atoms with Crippen LogP contribution >= 0.6 is 34.5 Å². The van der Waals surface area contributed by atoms with Gasteiger partial charge in [0.05, 0.1) is 4.34 Å². The molecule has 0 aliphatic heterocycles. The third-order valence-electron chi connectivity index (χ3n) is 2.94. The van der Waals surface area contributed by atoms with Gasteiger partial charge in [0.2, 0.25) is 0 Å². The van der Waals surface area contributed by atoms with Crippen LogP contribution in [0, 0.1) is 0 Å². The fourth-order valence-corrected chi connectivity index (χ4v) is 3.08. The average molecular weight is 300 g/mol. The van der Waals surface area contributed by atoms with Crippen molar-refractivity contribution in [1.29, 1.82) is 0 Å². The van der Waals surface area contributed by atoms with Crippen LogP contribution in [0.4, 0.5) is 0 Å². The lowest BCUT2D eigenvalue weighted by atomic mass is 10.1. The van der Waals surface area contributed by atoms with E-state index in [4.69, 9.17) is 23.2 Å². The van der Waals surface area contributed by atoms with E-state index in [1.165, 1.54) is 11.1 Å². The van der Waals surface area contributed by atoms with Crippen molar-refractivity contribution in [3.8, 4) is 0 Å². The summed E-state index contributed by atoms with van der Waals surface area (Å²) in [5, 5.41) is 6.40. The Hall–Kier alpha value is -0.540. The van der Waals surface area contributed by atoms with Crippen LogP contribution in [0.25, 0.3) is 0 Å². The first-order valence-electron chi connectivity index (χ1n) is 5.81. The minimum atomic E-state index is 0.248. The van der Waals surface area contributed by atoms with E-state index in [1.807, 2.05) is 24.3 Å². The molecular weight excluding hydrogens is 285 g/mol. The van der Waals surface area contributed by atoms with Crippen molar-refractivity contribution >= 4 is 34.5 Å². The molecule has 4 heteroatoms. The molecule has 2 aromatic rings. The molecule has 0 radical (unpaired) electrons. The van der Waals surface area contributed by atoms with E-state index in [1.54, 1.807) is 11.3 Å². The summed E-state index contributed by atoms with van der Waals surface area (Å²) in [6.45, 7) is 4.27. The van der Waals surface area contributed by atoms with Crippen molar-refractivity contribution in [2.75, 3.05) is 0 Å². The highest BCUT2D eigenvalue weighted by atomic mass is 35.5. The van der Waals surface area contributed by atoms with Gasteiger partial charge >= 0.3 is 0 Å². The molecule has 1 aromatic heterocycles. The Kier molecular flexibility index (Phi) is 4.68. The largest absolute Gasteiger partial charge is 0.304 e.